The maximum Gasteiger partial charge on any atom is 0.238 e. The molecule has 0 amide bonds. The molecule has 5 heteroatoms. The Hall–Kier alpha value is -1.20. The normalized spacial score (nSPS) is 30.5. The fraction of sp³-hybridized carbons (Fsp3) is 0.600. The van der Waals surface area contributed by atoms with Crippen molar-refractivity contribution < 1.29 is 9.84 Å². The van der Waals surface area contributed by atoms with Crippen LogP contribution in [0.25, 0.3) is 0 Å². The fourth-order valence-electron chi connectivity index (χ4n) is 2.07. The van der Waals surface area contributed by atoms with E-state index in [1.54, 1.807) is 12.4 Å². The second-order valence-corrected chi connectivity index (χ2v) is 3.95. The number of methoxy groups -OCH3 is 1. The van der Waals surface area contributed by atoms with Crippen molar-refractivity contribution in [1.82, 2.24) is 9.97 Å². The molecular formula is C10H15N3O2. The van der Waals surface area contributed by atoms with Crippen molar-refractivity contribution in [3.05, 3.63) is 18.1 Å². The van der Waals surface area contributed by atoms with Crippen LogP contribution in [0.15, 0.2) is 12.4 Å². The molecule has 15 heavy (non-hydrogen) atoms. The van der Waals surface area contributed by atoms with Crippen LogP contribution in [-0.2, 0) is 5.60 Å². The minimum atomic E-state index is -0.973. The van der Waals surface area contributed by atoms with Crippen LogP contribution in [0.1, 0.15) is 25.0 Å². The number of rotatable bonds is 2. The van der Waals surface area contributed by atoms with E-state index in [-0.39, 0.29) is 6.04 Å². The molecule has 0 saturated heterocycles. The third-order valence-electron chi connectivity index (χ3n) is 2.83. The Morgan fingerprint density at radius 2 is 2.27 bits per heavy atom. The van der Waals surface area contributed by atoms with Gasteiger partial charge < -0.3 is 15.6 Å². The first kappa shape index (κ1) is 10.3. The molecule has 2 atom stereocenters. The van der Waals surface area contributed by atoms with Crippen LogP contribution >= 0.6 is 0 Å². The summed E-state index contributed by atoms with van der Waals surface area (Å²) in [6, 6.07) is 0.0294. The van der Waals surface area contributed by atoms with Crippen molar-refractivity contribution in [2.24, 2.45) is 5.73 Å². The molecule has 2 rings (SSSR count). The summed E-state index contributed by atoms with van der Waals surface area (Å²) in [5.41, 5.74) is 5.32. The summed E-state index contributed by atoms with van der Waals surface area (Å²) in [5.74, 6) is 0.383. The lowest BCUT2D eigenvalue weighted by atomic mass is 9.97. The summed E-state index contributed by atoms with van der Waals surface area (Å²) in [7, 11) is 1.52. The highest BCUT2D eigenvalue weighted by Gasteiger charge is 2.41. The number of hydrogen-bond acceptors (Lipinski definition) is 5. The summed E-state index contributed by atoms with van der Waals surface area (Å²) >= 11 is 0. The molecular weight excluding hydrogens is 194 g/mol. The highest BCUT2D eigenvalue weighted by Crippen LogP contribution is 2.39. The van der Waals surface area contributed by atoms with Crippen LogP contribution in [0.2, 0.25) is 0 Å². The van der Waals surface area contributed by atoms with Gasteiger partial charge in [-0.2, -0.15) is 0 Å². The zero-order valence-corrected chi connectivity index (χ0v) is 8.68. The van der Waals surface area contributed by atoms with Gasteiger partial charge in [0.1, 0.15) is 11.3 Å². The molecule has 1 saturated carbocycles. The van der Waals surface area contributed by atoms with Gasteiger partial charge in [0.25, 0.3) is 0 Å². The summed E-state index contributed by atoms with van der Waals surface area (Å²) in [6.07, 6.45) is 5.03. The number of aliphatic hydroxyl groups is 1. The van der Waals surface area contributed by atoms with Crippen molar-refractivity contribution >= 4 is 0 Å². The molecule has 1 fully saturated rings. The average molecular weight is 209 g/mol. The number of ether oxygens (including phenoxy) is 1. The average Bonchev–Trinajstić information content (AvgIpc) is 2.60. The predicted molar refractivity (Wildman–Crippen MR) is 54.3 cm³/mol. The van der Waals surface area contributed by atoms with E-state index in [1.165, 1.54) is 7.11 Å². The Balaban J connectivity index is 2.36. The van der Waals surface area contributed by atoms with Gasteiger partial charge in [-0.25, -0.2) is 4.98 Å². The quantitative estimate of drug-likeness (QED) is 0.726. The minimum absolute atomic E-state index is 0.0294. The maximum atomic E-state index is 10.4. The Kier molecular flexibility index (Phi) is 2.58. The van der Waals surface area contributed by atoms with E-state index in [0.717, 1.165) is 6.42 Å². The Morgan fingerprint density at radius 1 is 1.53 bits per heavy atom. The second kappa shape index (κ2) is 3.75. The van der Waals surface area contributed by atoms with Gasteiger partial charge in [-0.15, -0.1) is 0 Å². The molecule has 1 aliphatic rings. The second-order valence-electron chi connectivity index (χ2n) is 3.95. The van der Waals surface area contributed by atoms with E-state index < -0.39 is 5.60 Å². The smallest absolute Gasteiger partial charge is 0.238 e. The lowest BCUT2D eigenvalue weighted by Crippen LogP contribution is -2.27. The lowest BCUT2D eigenvalue weighted by Gasteiger charge is -2.22. The largest absolute Gasteiger partial charge is 0.480 e. The topological polar surface area (TPSA) is 81.3 Å². The first-order chi connectivity index (χ1) is 7.15. The molecule has 0 bridgehead atoms. The van der Waals surface area contributed by atoms with Gasteiger partial charge in [-0.1, -0.05) is 0 Å². The van der Waals surface area contributed by atoms with E-state index in [1.807, 2.05) is 0 Å². The van der Waals surface area contributed by atoms with E-state index in [4.69, 9.17) is 10.5 Å². The van der Waals surface area contributed by atoms with Crippen LogP contribution in [0.5, 0.6) is 5.88 Å². The summed E-state index contributed by atoms with van der Waals surface area (Å²) in [5, 5.41) is 10.4. The Labute approximate surface area is 88.3 Å². The van der Waals surface area contributed by atoms with Gasteiger partial charge in [-0.3, -0.25) is 4.98 Å². The lowest BCUT2D eigenvalue weighted by molar-refractivity contribution is 0.0352. The molecule has 0 aliphatic heterocycles. The molecule has 0 spiro atoms. The Morgan fingerprint density at radius 3 is 2.87 bits per heavy atom. The molecule has 1 aliphatic carbocycles. The van der Waals surface area contributed by atoms with Crippen LogP contribution in [0.3, 0.4) is 0 Å². The highest BCUT2D eigenvalue weighted by molar-refractivity contribution is 5.26. The Bertz CT molecular complexity index is 358. The van der Waals surface area contributed by atoms with E-state index in [0.29, 0.717) is 24.4 Å². The third kappa shape index (κ3) is 1.80. The minimum Gasteiger partial charge on any atom is -0.480 e. The summed E-state index contributed by atoms with van der Waals surface area (Å²) in [4.78, 5) is 8.17. The summed E-state index contributed by atoms with van der Waals surface area (Å²) < 4.78 is 5.08. The monoisotopic (exact) mass is 209 g/mol. The molecule has 0 aromatic carbocycles. The van der Waals surface area contributed by atoms with Gasteiger partial charge in [0, 0.05) is 18.4 Å². The zero-order valence-electron chi connectivity index (χ0n) is 8.68. The van der Waals surface area contributed by atoms with Crippen LogP contribution in [-0.4, -0.2) is 28.2 Å². The molecule has 82 valence electrons. The molecule has 1 heterocycles. The van der Waals surface area contributed by atoms with Crippen molar-refractivity contribution in [3.63, 3.8) is 0 Å². The van der Waals surface area contributed by atoms with Crippen molar-refractivity contribution in [2.45, 2.75) is 30.9 Å². The van der Waals surface area contributed by atoms with Crippen molar-refractivity contribution in [3.8, 4) is 5.88 Å². The third-order valence-corrected chi connectivity index (χ3v) is 2.83. The summed E-state index contributed by atoms with van der Waals surface area (Å²) in [6.45, 7) is 0. The van der Waals surface area contributed by atoms with Crippen LogP contribution < -0.4 is 10.5 Å². The predicted octanol–water partition coefficient (Wildman–Crippen LogP) is 0.184. The number of hydrogen-bond donors (Lipinski definition) is 2. The SMILES string of the molecule is COc1nccnc1C1(O)CCC(N)C1. The fourth-order valence-corrected chi connectivity index (χ4v) is 2.07. The van der Waals surface area contributed by atoms with Gasteiger partial charge in [0.05, 0.1) is 7.11 Å². The molecule has 2 unspecified atom stereocenters. The van der Waals surface area contributed by atoms with Gasteiger partial charge in [-0.05, 0) is 19.3 Å². The maximum absolute atomic E-state index is 10.4. The molecule has 0 radical (unpaired) electrons. The van der Waals surface area contributed by atoms with Crippen molar-refractivity contribution in [1.29, 1.82) is 0 Å². The van der Waals surface area contributed by atoms with Crippen molar-refractivity contribution in [2.75, 3.05) is 7.11 Å². The zero-order chi connectivity index (χ0) is 10.9. The van der Waals surface area contributed by atoms with E-state index in [9.17, 15) is 5.11 Å². The van der Waals surface area contributed by atoms with Gasteiger partial charge in [0.15, 0.2) is 0 Å². The first-order valence-corrected chi connectivity index (χ1v) is 4.99. The molecule has 3 N–H and O–H groups in total. The van der Waals surface area contributed by atoms with Gasteiger partial charge >= 0.3 is 0 Å². The molecule has 1 aromatic rings. The first-order valence-electron chi connectivity index (χ1n) is 4.99. The number of nitrogens with two attached hydrogens (primary N) is 1. The van der Waals surface area contributed by atoms with E-state index in [2.05, 4.69) is 9.97 Å². The van der Waals surface area contributed by atoms with Gasteiger partial charge in [0.2, 0.25) is 5.88 Å². The molecule has 1 aromatic heterocycles. The van der Waals surface area contributed by atoms with Crippen LogP contribution in [0.4, 0.5) is 0 Å². The highest BCUT2D eigenvalue weighted by atomic mass is 16.5. The number of aromatic nitrogens is 2. The number of nitrogens with zero attached hydrogens (tertiary/aromatic N) is 2. The van der Waals surface area contributed by atoms with E-state index >= 15 is 0 Å². The van der Waals surface area contributed by atoms with Crippen LogP contribution in [0, 0.1) is 0 Å². The standard InChI is InChI=1S/C10H15N3O2/c1-15-9-8(12-4-5-13-9)10(14)3-2-7(11)6-10/h4-5,7,14H,2-3,6,11H2,1H3. The molecule has 5 nitrogen and oxygen atoms in total.